The van der Waals surface area contributed by atoms with Crippen LogP contribution in [0, 0.1) is 0 Å². The van der Waals surface area contributed by atoms with E-state index in [1.54, 1.807) is 0 Å². The molecule has 1 aliphatic rings. The van der Waals surface area contributed by atoms with Crippen LogP contribution >= 0.6 is 12.6 Å². The van der Waals surface area contributed by atoms with Crippen molar-refractivity contribution < 1.29 is 19.4 Å². The van der Waals surface area contributed by atoms with Crippen LogP contribution in [0.5, 0.6) is 0 Å². The van der Waals surface area contributed by atoms with Crippen LogP contribution in [0.15, 0.2) is 0 Å². The fourth-order valence-corrected chi connectivity index (χ4v) is 1.86. The zero-order chi connectivity index (χ0) is 12.0. The average molecular weight is 247 g/mol. The Balaban J connectivity index is 2.31. The Morgan fingerprint density at radius 1 is 1.50 bits per heavy atom. The highest BCUT2D eigenvalue weighted by molar-refractivity contribution is 7.80. The molecule has 1 heterocycles. The standard InChI is InChI=1S/C10H17NO4S/c12-9(11-8(6-16)10(13)14)5-7-3-1-2-4-15-7/h7-8,16H,1-6H2,(H,11,12)(H,13,14)/t7?,8-/m0/s1. The summed E-state index contributed by atoms with van der Waals surface area (Å²) >= 11 is 3.87. The number of carbonyl (C=O) groups excluding carboxylic acids is 1. The normalized spacial score (nSPS) is 22.4. The van der Waals surface area contributed by atoms with Gasteiger partial charge >= 0.3 is 5.97 Å². The smallest absolute Gasteiger partial charge is 0.327 e. The Labute approximate surface area is 100.0 Å². The highest BCUT2D eigenvalue weighted by Gasteiger charge is 2.22. The van der Waals surface area contributed by atoms with Crippen molar-refractivity contribution in [3.05, 3.63) is 0 Å². The number of amides is 1. The Morgan fingerprint density at radius 3 is 2.75 bits per heavy atom. The monoisotopic (exact) mass is 247 g/mol. The van der Waals surface area contributed by atoms with Gasteiger partial charge in [0.2, 0.25) is 5.91 Å². The number of carboxylic acids is 1. The van der Waals surface area contributed by atoms with Gasteiger partial charge in [-0.3, -0.25) is 4.79 Å². The zero-order valence-electron chi connectivity index (χ0n) is 9.02. The first-order chi connectivity index (χ1) is 7.63. The number of ether oxygens (including phenoxy) is 1. The minimum Gasteiger partial charge on any atom is -0.480 e. The second-order valence-corrected chi connectivity index (χ2v) is 4.20. The molecule has 0 bridgehead atoms. The topological polar surface area (TPSA) is 75.6 Å². The predicted molar refractivity (Wildman–Crippen MR) is 61.6 cm³/mol. The van der Waals surface area contributed by atoms with Crippen LogP contribution < -0.4 is 5.32 Å². The lowest BCUT2D eigenvalue weighted by Gasteiger charge is -2.22. The van der Waals surface area contributed by atoms with E-state index in [2.05, 4.69) is 17.9 Å². The molecule has 1 fully saturated rings. The van der Waals surface area contributed by atoms with Crippen LogP contribution in [0.25, 0.3) is 0 Å². The van der Waals surface area contributed by atoms with Crippen LogP contribution in [-0.4, -0.2) is 41.5 Å². The summed E-state index contributed by atoms with van der Waals surface area (Å²) in [5, 5.41) is 11.2. The van der Waals surface area contributed by atoms with Gasteiger partial charge in [-0.2, -0.15) is 12.6 Å². The lowest BCUT2D eigenvalue weighted by Crippen LogP contribution is -2.43. The summed E-state index contributed by atoms with van der Waals surface area (Å²) in [5.41, 5.74) is 0. The Bertz CT molecular complexity index is 253. The van der Waals surface area contributed by atoms with Crippen molar-refractivity contribution in [2.45, 2.75) is 37.8 Å². The maximum Gasteiger partial charge on any atom is 0.327 e. The summed E-state index contributed by atoms with van der Waals surface area (Å²) in [5.74, 6) is -1.26. The molecule has 0 radical (unpaired) electrons. The van der Waals surface area contributed by atoms with Gasteiger partial charge in [-0.15, -0.1) is 0 Å². The third kappa shape index (κ3) is 4.40. The van der Waals surface area contributed by atoms with Gasteiger partial charge in [-0.05, 0) is 19.3 Å². The number of thiol groups is 1. The predicted octanol–water partition coefficient (Wildman–Crippen LogP) is 0.445. The molecular formula is C10H17NO4S. The quantitative estimate of drug-likeness (QED) is 0.616. The fraction of sp³-hybridized carbons (Fsp3) is 0.800. The SMILES string of the molecule is O=C(CC1CCCCO1)N[C@@H](CS)C(=O)O. The first-order valence-corrected chi connectivity index (χ1v) is 6.01. The molecule has 0 aliphatic carbocycles. The number of carboxylic acid groups (broad SMARTS) is 1. The van der Waals surface area contributed by atoms with Crippen LogP contribution in [0.1, 0.15) is 25.7 Å². The molecule has 16 heavy (non-hydrogen) atoms. The molecule has 0 aromatic carbocycles. The minimum absolute atomic E-state index is 0.0666. The molecule has 0 aromatic rings. The van der Waals surface area contributed by atoms with E-state index in [1.165, 1.54) is 0 Å². The molecule has 0 aromatic heterocycles. The largest absolute Gasteiger partial charge is 0.480 e. The zero-order valence-corrected chi connectivity index (χ0v) is 9.91. The summed E-state index contributed by atoms with van der Waals surface area (Å²) in [7, 11) is 0. The van der Waals surface area contributed by atoms with Crippen LogP contribution in [0.3, 0.4) is 0 Å². The van der Waals surface area contributed by atoms with E-state index in [0.717, 1.165) is 19.3 Å². The molecule has 6 heteroatoms. The number of aliphatic carboxylic acids is 1. The molecule has 0 spiro atoms. The molecule has 1 rings (SSSR count). The number of hydrogen-bond acceptors (Lipinski definition) is 4. The van der Waals surface area contributed by atoms with Crippen molar-refractivity contribution in [2.24, 2.45) is 0 Å². The van der Waals surface area contributed by atoms with Crippen molar-refractivity contribution in [2.75, 3.05) is 12.4 Å². The first kappa shape index (κ1) is 13.3. The van der Waals surface area contributed by atoms with E-state index in [4.69, 9.17) is 9.84 Å². The Kier molecular flexibility index (Phi) is 5.62. The molecule has 1 amide bonds. The van der Waals surface area contributed by atoms with Crippen LogP contribution in [0.2, 0.25) is 0 Å². The maximum absolute atomic E-state index is 11.5. The van der Waals surface area contributed by atoms with Crippen molar-refractivity contribution in [1.29, 1.82) is 0 Å². The van der Waals surface area contributed by atoms with Gasteiger partial charge in [0, 0.05) is 12.4 Å². The Hall–Kier alpha value is -0.750. The molecule has 0 saturated carbocycles. The molecule has 1 saturated heterocycles. The fourth-order valence-electron chi connectivity index (χ4n) is 1.61. The molecule has 92 valence electrons. The third-order valence-electron chi connectivity index (χ3n) is 2.50. The molecule has 2 atom stereocenters. The minimum atomic E-state index is -1.06. The van der Waals surface area contributed by atoms with Crippen molar-refractivity contribution in [1.82, 2.24) is 5.32 Å². The summed E-state index contributed by atoms with van der Waals surface area (Å²) in [6.45, 7) is 0.687. The van der Waals surface area contributed by atoms with E-state index in [0.29, 0.717) is 6.61 Å². The van der Waals surface area contributed by atoms with Gasteiger partial charge < -0.3 is 15.2 Å². The number of hydrogen-bond donors (Lipinski definition) is 3. The average Bonchev–Trinajstić information content (AvgIpc) is 2.27. The van der Waals surface area contributed by atoms with E-state index < -0.39 is 12.0 Å². The second-order valence-electron chi connectivity index (χ2n) is 3.83. The summed E-state index contributed by atoms with van der Waals surface area (Å²) in [4.78, 5) is 22.2. The van der Waals surface area contributed by atoms with E-state index in [-0.39, 0.29) is 24.2 Å². The third-order valence-corrected chi connectivity index (χ3v) is 2.87. The highest BCUT2D eigenvalue weighted by atomic mass is 32.1. The maximum atomic E-state index is 11.5. The summed E-state index contributed by atoms with van der Waals surface area (Å²) in [6, 6.07) is -0.917. The van der Waals surface area contributed by atoms with Crippen molar-refractivity contribution in [3.8, 4) is 0 Å². The van der Waals surface area contributed by atoms with Crippen molar-refractivity contribution in [3.63, 3.8) is 0 Å². The molecule has 1 unspecified atom stereocenters. The second kappa shape index (κ2) is 6.75. The van der Waals surface area contributed by atoms with Gasteiger partial charge in [0.1, 0.15) is 6.04 Å². The van der Waals surface area contributed by atoms with Gasteiger partial charge in [-0.25, -0.2) is 4.79 Å². The first-order valence-electron chi connectivity index (χ1n) is 5.38. The van der Waals surface area contributed by atoms with E-state index in [1.807, 2.05) is 0 Å². The van der Waals surface area contributed by atoms with Crippen molar-refractivity contribution >= 4 is 24.5 Å². The van der Waals surface area contributed by atoms with Crippen LogP contribution in [0.4, 0.5) is 0 Å². The lowest BCUT2D eigenvalue weighted by atomic mass is 10.1. The number of nitrogens with one attached hydrogen (secondary N) is 1. The van der Waals surface area contributed by atoms with Gasteiger partial charge in [0.25, 0.3) is 0 Å². The lowest BCUT2D eigenvalue weighted by molar-refractivity contribution is -0.141. The van der Waals surface area contributed by atoms with Crippen LogP contribution in [-0.2, 0) is 14.3 Å². The number of carbonyl (C=O) groups is 2. The highest BCUT2D eigenvalue weighted by Crippen LogP contribution is 2.15. The van der Waals surface area contributed by atoms with Gasteiger partial charge in [0.15, 0.2) is 0 Å². The van der Waals surface area contributed by atoms with E-state index >= 15 is 0 Å². The Morgan fingerprint density at radius 2 is 2.25 bits per heavy atom. The molecule has 5 nitrogen and oxygen atoms in total. The molecular weight excluding hydrogens is 230 g/mol. The summed E-state index contributed by atoms with van der Waals surface area (Å²) in [6.07, 6.45) is 3.13. The molecule has 2 N–H and O–H groups in total. The number of rotatable bonds is 5. The van der Waals surface area contributed by atoms with Gasteiger partial charge in [0.05, 0.1) is 12.5 Å². The molecule has 1 aliphatic heterocycles. The summed E-state index contributed by atoms with van der Waals surface area (Å²) < 4.78 is 5.40. The van der Waals surface area contributed by atoms with Gasteiger partial charge in [-0.1, -0.05) is 0 Å². The van der Waals surface area contributed by atoms with E-state index in [9.17, 15) is 9.59 Å².